The molecule has 0 aliphatic carbocycles. The largest absolute Gasteiger partial charge is 0.355 e. The first-order valence-electron chi connectivity index (χ1n) is 19.4. The molecule has 2 heterocycles. The van der Waals surface area contributed by atoms with E-state index >= 15 is 0 Å². The first kappa shape index (κ1) is 34.8. The van der Waals surface area contributed by atoms with Crippen LogP contribution in [0.1, 0.15) is 16.7 Å². The molecule has 2 aromatic heterocycles. The van der Waals surface area contributed by atoms with Gasteiger partial charge in [0, 0.05) is 59.1 Å². The Bertz CT molecular complexity index is 3140. The van der Waals surface area contributed by atoms with E-state index in [-0.39, 0.29) is 5.84 Å². The van der Waals surface area contributed by atoms with Gasteiger partial charge in [0.2, 0.25) is 0 Å². The normalized spacial score (nSPS) is 11.8. The summed E-state index contributed by atoms with van der Waals surface area (Å²) in [5.74, 6) is 1.88. The molecule has 1 N–H and O–H groups in total. The number of rotatable bonds is 7. The molecule has 6 heteroatoms. The van der Waals surface area contributed by atoms with E-state index in [1.807, 2.05) is 80.1 Å². The second-order valence-electron chi connectivity index (χ2n) is 14.6. The maximum Gasteiger partial charge on any atom is 0.154 e. The topological polar surface area (TPSA) is 70.2 Å². The van der Waals surface area contributed by atoms with E-state index in [1.165, 1.54) is 10.8 Å². The van der Waals surface area contributed by atoms with Crippen molar-refractivity contribution in [1.29, 1.82) is 5.41 Å². The number of hydrogen-bond donors (Lipinski definition) is 1. The summed E-state index contributed by atoms with van der Waals surface area (Å²) in [5.41, 5.74) is 9.28. The fraction of sp³-hybridized carbons (Fsp3) is 0.0385. The van der Waals surface area contributed by atoms with Gasteiger partial charge in [-0.3, -0.25) is 15.0 Å². The molecule has 8 aromatic carbocycles. The lowest BCUT2D eigenvalue weighted by atomic mass is 10.0. The molecule has 0 unspecified atom stereocenters. The van der Waals surface area contributed by atoms with Gasteiger partial charge in [-0.05, 0) is 56.4 Å². The molecule has 10 rings (SSSR count). The molecule has 0 saturated heterocycles. The van der Waals surface area contributed by atoms with Gasteiger partial charge in [0.25, 0.3) is 0 Å². The first-order chi connectivity index (χ1) is 28.6. The van der Waals surface area contributed by atoms with Crippen molar-refractivity contribution in [1.82, 2.24) is 19.4 Å². The minimum Gasteiger partial charge on any atom is -0.355 e. The molecule has 0 bridgehead atoms. The molecule has 10 aromatic rings. The van der Waals surface area contributed by atoms with E-state index in [9.17, 15) is 0 Å². The second kappa shape index (κ2) is 14.8. The zero-order chi connectivity index (χ0) is 39.0. The van der Waals surface area contributed by atoms with Gasteiger partial charge in [0.15, 0.2) is 5.84 Å². The third-order valence-electron chi connectivity index (χ3n) is 10.9. The number of aromatic nitrogens is 3. The minimum atomic E-state index is 0.233. The summed E-state index contributed by atoms with van der Waals surface area (Å²) in [7, 11) is 2.03. The third-order valence-corrected chi connectivity index (χ3v) is 10.9. The lowest BCUT2D eigenvalue weighted by molar-refractivity contribution is 0.502. The van der Waals surface area contributed by atoms with Crippen LogP contribution in [0.25, 0.3) is 71.6 Å². The van der Waals surface area contributed by atoms with E-state index in [1.54, 1.807) is 0 Å². The summed E-state index contributed by atoms with van der Waals surface area (Å²) in [6.07, 6.45) is 3.81. The fourth-order valence-corrected chi connectivity index (χ4v) is 8.13. The Kier molecular flexibility index (Phi) is 8.84. The highest BCUT2D eigenvalue weighted by molar-refractivity contribution is 6.24. The quantitative estimate of drug-likeness (QED) is 0.100. The lowest BCUT2D eigenvalue weighted by Gasteiger charge is -2.22. The summed E-state index contributed by atoms with van der Waals surface area (Å²) in [4.78, 5) is 16.9. The van der Waals surface area contributed by atoms with E-state index in [4.69, 9.17) is 15.4 Å². The lowest BCUT2D eigenvalue weighted by Crippen LogP contribution is -2.28. The summed E-state index contributed by atoms with van der Waals surface area (Å²) in [6, 6.07) is 63.0. The van der Waals surface area contributed by atoms with Gasteiger partial charge in [-0.1, -0.05) is 164 Å². The Balaban J connectivity index is 1.02. The number of amidine groups is 2. The van der Waals surface area contributed by atoms with Crippen LogP contribution in [-0.2, 0) is 6.54 Å². The van der Waals surface area contributed by atoms with Crippen LogP contribution in [0.4, 0.5) is 0 Å². The Morgan fingerprint density at radius 2 is 1.19 bits per heavy atom. The van der Waals surface area contributed by atoms with Gasteiger partial charge in [-0.15, -0.1) is 0 Å². The zero-order valence-corrected chi connectivity index (χ0v) is 31.9. The molecular formula is C52H38N6. The van der Waals surface area contributed by atoms with Crippen molar-refractivity contribution in [2.75, 3.05) is 7.05 Å². The number of imidazole rings is 1. The third kappa shape index (κ3) is 6.27. The monoisotopic (exact) mass is 746 g/mol. The highest BCUT2D eigenvalue weighted by atomic mass is 15.2. The molecule has 0 fully saturated rings. The van der Waals surface area contributed by atoms with Crippen LogP contribution in [0, 0.1) is 5.41 Å². The van der Waals surface area contributed by atoms with Gasteiger partial charge in [0.1, 0.15) is 11.7 Å². The number of hydrogen-bond acceptors (Lipinski definition) is 3. The molecule has 276 valence electrons. The van der Waals surface area contributed by atoms with Crippen molar-refractivity contribution in [3.63, 3.8) is 0 Å². The summed E-state index contributed by atoms with van der Waals surface area (Å²) in [6.45, 7) is 0.637. The average Bonchev–Trinajstić information content (AvgIpc) is 3.70. The van der Waals surface area contributed by atoms with Crippen molar-refractivity contribution >= 4 is 55.0 Å². The number of benzene rings is 8. The summed E-state index contributed by atoms with van der Waals surface area (Å²) < 4.78 is 2.33. The summed E-state index contributed by atoms with van der Waals surface area (Å²) >= 11 is 0. The molecule has 0 atom stereocenters. The van der Waals surface area contributed by atoms with Crippen molar-refractivity contribution in [2.24, 2.45) is 4.99 Å². The smallest absolute Gasteiger partial charge is 0.154 e. The van der Waals surface area contributed by atoms with Gasteiger partial charge in [-0.2, -0.15) is 0 Å². The number of nitrogens with zero attached hydrogens (tertiary/aromatic N) is 5. The minimum absolute atomic E-state index is 0.233. The predicted octanol–water partition coefficient (Wildman–Crippen LogP) is 12.1. The second-order valence-corrected chi connectivity index (χ2v) is 14.6. The average molecular weight is 747 g/mol. The van der Waals surface area contributed by atoms with Gasteiger partial charge < -0.3 is 4.90 Å². The SMILES string of the molecule is CN(Cc1ccc(-c2ccc(-n3c(-c4cccc5ccccc45)nc4c5cnccc5c5ccccc5c43)cc2)cc1)/C(=N\C(=N)c1ccccc1)c1ccccc1. The zero-order valence-electron chi connectivity index (χ0n) is 31.9. The van der Waals surface area contributed by atoms with Crippen LogP contribution < -0.4 is 0 Å². The molecule has 0 radical (unpaired) electrons. The Morgan fingerprint density at radius 1 is 0.586 bits per heavy atom. The van der Waals surface area contributed by atoms with Crippen molar-refractivity contribution in [3.8, 4) is 28.2 Å². The van der Waals surface area contributed by atoms with Crippen LogP contribution in [-0.4, -0.2) is 38.2 Å². The van der Waals surface area contributed by atoms with Gasteiger partial charge >= 0.3 is 0 Å². The number of fused-ring (bicyclic) bond motifs is 7. The number of pyridine rings is 1. The van der Waals surface area contributed by atoms with Gasteiger partial charge in [0.05, 0.1) is 11.0 Å². The maximum atomic E-state index is 8.74. The molecule has 0 aliphatic heterocycles. The van der Waals surface area contributed by atoms with Crippen LogP contribution >= 0.6 is 0 Å². The van der Waals surface area contributed by atoms with Crippen molar-refractivity contribution in [2.45, 2.75) is 6.54 Å². The standard InChI is InChI=1S/C52H38N6/c1-57(51(40-16-6-3-7-17-40)56-50(53)39-14-4-2-5-15-39)34-35-23-25-36(26-24-35)37-27-29-41(30-28-37)58-49-45-21-11-10-20-43(45)44-31-32-54-33-47(44)48(49)55-52(58)46-22-12-18-38-13-8-9-19-42(38)46/h2-33,53H,34H2,1H3/b53-50?,56-51-. The Morgan fingerprint density at radius 3 is 1.93 bits per heavy atom. The molecule has 58 heavy (non-hydrogen) atoms. The number of nitrogens with one attached hydrogen (secondary N) is 1. The maximum absolute atomic E-state index is 8.74. The van der Waals surface area contributed by atoms with Crippen molar-refractivity contribution in [3.05, 3.63) is 211 Å². The van der Waals surface area contributed by atoms with E-state index in [0.717, 1.165) is 83.3 Å². The Hall–Kier alpha value is -7.70. The van der Waals surface area contributed by atoms with E-state index in [0.29, 0.717) is 6.54 Å². The van der Waals surface area contributed by atoms with Crippen LogP contribution in [0.2, 0.25) is 0 Å². The predicted molar refractivity (Wildman–Crippen MR) is 240 cm³/mol. The Labute approximate surface area is 336 Å². The highest BCUT2D eigenvalue weighted by Gasteiger charge is 2.21. The molecule has 0 spiro atoms. The van der Waals surface area contributed by atoms with Gasteiger partial charge in [-0.25, -0.2) is 9.98 Å². The van der Waals surface area contributed by atoms with Crippen LogP contribution in [0.3, 0.4) is 0 Å². The highest BCUT2D eigenvalue weighted by Crippen LogP contribution is 2.40. The van der Waals surface area contributed by atoms with Crippen LogP contribution in [0.5, 0.6) is 0 Å². The molecule has 0 amide bonds. The number of aliphatic imine (C=N–C) groups is 1. The molecule has 0 aliphatic rings. The van der Waals surface area contributed by atoms with E-state index in [2.05, 4.69) is 136 Å². The molecule has 6 nitrogen and oxygen atoms in total. The van der Waals surface area contributed by atoms with Crippen LogP contribution in [0.15, 0.2) is 199 Å². The summed E-state index contributed by atoms with van der Waals surface area (Å²) in [5, 5.41) is 15.6. The fourth-order valence-electron chi connectivity index (χ4n) is 8.13. The first-order valence-corrected chi connectivity index (χ1v) is 19.4. The van der Waals surface area contributed by atoms with Crippen molar-refractivity contribution < 1.29 is 0 Å². The van der Waals surface area contributed by atoms with E-state index < -0.39 is 0 Å². The molecular weight excluding hydrogens is 709 g/mol. The molecule has 0 saturated carbocycles.